The SMILES string of the molecule is CN(C(=O)C(F)(F)F)c1cccc(S(=O)(=O)N(CC(O)C(Cc2ccccc2)NC(=O)OC(C)(C)C)CC(C)(C)CCC#N)c1. The van der Waals surface area contributed by atoms with Gasteiger partial charge in [0.15, 0.2) is 0 Å². The molecule has 45 heavy (non-hydrogen) atoms. The zero-order valence-corrected chi connectivity index (χ0v) is 27.1. The van der Waals surface area contributed by atoms with Crippen LogP contribution in [0.1, 0.15) is 53.0 Å². The summed E-state index contributed by atoms with van der Waals surface area (Å²) in [4.78, 5) is 24.4. The second kappa shape index (κ2) is 15.1. The van der Waals surface area contributed by atoms with Crippen molar-refractivity contribution in [2.45, 2.75) is 82.7 Å². The molecule has 248 valence electrons. The summed E-state index contributed by atoms with van der Waals surface area (Å²) < 4.78 is 73.7. The predicted octanol–water partition coefficient (Wildman–Crippen LogP) is 5.03. The van der Waals surface area contributed by atoms with E-state index in [4.69, 9.17) is 10.00 Å². The molecule has 2 atom stereocenters. The Bertz CT molecular complexity index is 1450. The highest BCUT2D eigenvalue weighted by molar-refractivity contribution is 7.89. The number of hydrogen-bond donors (Lipinski definition) is 2. The summed E-state index contributed by atoms with van der Waals surface area (Å²) in [5, 5.41) is 23.2. The number of carbonyl (C=O) groups excluding carboxylic acids is 2. The summed E-state index contributed by atoms with van der Waals surface area (Å²) in [6.07, 6.45) is -6.93. The largest absolute Gasteiger partial charge is 0.471 e. The monoisotopic (exact) mass is 654 g/mol. The number of anilines is 1. The molecule has 0 fully saturated rings. The van der Waals surface area contributed by atoms with E-state index < -0.39 is 62.8 Å². The number of alkyl carbamates (subject to hydrolysis) is 1. The quantitative estimate of drug-likeness (QED) is 0.309. The third kappa shape index (κ3) is 11.6. The molecule has 2 rings (SSSR count). The Morgan fingerprint density at radius 2 is 1.67 bits per heavy atom. The van der Waals surface area contributed by atoms with Crippen LogP contribution in [0.3, 0.4) is 0 Å². The van der Waals surface area contributed by atoms with Crippen LogP contribution >= 0.6 is 0 Å². The molecule has 0 bridgehead atoms. The van der Waals surface area contributed by atoms with Gasteiger partial charge >= 0.3 is 18.2 Å². The fourth-order valence-corrected chi connectivity index (χ4v) is 6.14. The number of aliphatic hydroxyl groups is 1. The number of rotatable bonds is 13. The predicted molar refractivity (Wildman–Crippen MR) is 163 cm³/mol. The van der Waals surface area contributed by atoms with Crippen LogP contribution in [0.2, 0.25) is 0 Å². The molecule has 2 aromatic rings. The third-order valence-electron chi connectivity index (χ3n) is 6.76. The lowest BCUT2D eigenvalue weighted by atomic mass is 9.88. The Morgan fingerprint density at radius 3 is 2.22 bits per heavy atom. The molecule has 2 aromatic carbocycles. The Balaban J connectivity index is 2.53. The van der Waals surface area contributed by atoms with Crippen LogP contribution in [-0.2, 0) is 26.0 Å². The first-order chi connectivity index (χ1) is 20.7. The molecule has 10 nitrogen and oxygen atoms in total. The smallest absolute Gasteiger partial charge is 0.444 e. The van der Waals surface area contributed by atoms with Crippen LogP contribution in [-0.4, -0.2) is 73.9 Å². The van der Waals surface area contributed by atoms with Gasteiger partial charge in [-0.1, -0.05) is 50.2 Å². The number of ether oxygens (including phenoxy) is 1. The fourth-order valence-electron chi connectivity index (χ4n) is 4.45. The summed E-state index contributed by atoms with van der Waals surface area (Å²) in [5.74, 6) is -2.18. The molecule has 0 aliphatic rings. The lowest BCUT2D eigenvalue weighted by molar-refractivity contribution is -0.170. The van der Waals surface area contributed by atoms with Crippen LogP contribution in [0.5, 0.6) is 0 Å². The Morgan fingerprint density at radius 1 is 1.04 bits per heavy atom. The van der Waals surface area contributed by atoms with E-state index in [1.807, 2.05) is 6.07 Å². The Labute approximate surface area is 262 Å². The summed E-state index contributed by atoms with van der Waals surface area (Å²) in [5.41, 5.74) is -1.18. The summed E-state index contributed by atoms with van der Waals surface area (Å²) >= 11 is 0. The number of halogens is 3. The Kier molecular flexibility index (Phi) is 12.6. The first-order valence-electron chi connectivity index (χ1n) is 14.2. The molecule has 2 N–H and O–H groups in total. The first kappa shape index (κ1) is 37.5. The van der Waals surface area contributed by atoms with E-state index in [2.05, 4.69) is 5.32 Å². The number of nitrogens with zero attached hydrogens (tertiary/aromatic N) is 3. The molecular weight excluding hydrogens is 613 g/mol. The first-order valence-corrected chi connectivity index (χ1v) is 15.6. The van der Waals surface area contributed by atoms with Crippen molar-refractivity contribution in [2.24, 2.45) is 5.41 Å². The van der Waals surface area contributed by atoms with Crippen LogP contribution < -0.4 is 10.2 Å². The summed E-state index contributed by atoms with van der Waals surface area (Å²) in [6.45, 7) is 7.78. The topological polar surface area (TPSA) is 140 Å². The van der Waals surface area contributed by atoms with Crippen molar-refractivity contribution in [3.8, 4) is 6.07 Å². The molecule has 0 heterocycles. The van der Waals surface area contributed by atoms with E-state index in [0.29, 0.717) is 11.3 Å². The second-order valence-corrected chi connectivity index (χ2v) is 14.4. The van der Waals surface area contributed by atoms with Gasteiger partial charge in [-0.25, -0.2) is 13.2 Å². The maximum atomic E-state index is 14.1. The molecule has 2 unspecified atom stereocenters. The van der Waals surface area contributed by atoms with Crippen molar-refractivity contribution in [2.75, 3.05) is 25.0 Å². The highest BCUT2D eigenvalue weighted by Crippen LogP contribution is 2.30. The van der Waals surface area contributed by atoms with Crippen molar-refractivity contribution < 1.29 is 41.0 Å². The normalized spacial score (nSPS) is 13.9. The van der Waals surface area contributed by atoms with E-state index in [0.717, 1.165) is 23.0 Å². The number of hydrogen-bond acceptors (Lipinski definition) is 7. The molecular formula is C31H41F3N4O6S. The van der Waals surface area contributed by atoms with Gasteiger partial charge in [0.25, 0.3) is 0 Å². The summed E-state index contributed by atoms with van der Waals surface area (Å²) in [7, 11) is -3.63. The van der Waals surface area contributed by atoms with Crippen LogP contribution in [0.25, 0.3) is 0 Å². The fraction of sp³-hybridized carbons (Fsp3) is 0.516. The minimum Gasteiger partial charge on any atom is -0.444 e. The lowest BCUT2D eigenvalue weighted by Gasteiger charge is -2.35. The number of nitriles is 1. The average Bonchev–Trinajstić information content (AvgIpc) is 2.93. The molecule has 0 saturated carbocycles. The molecule has 14 heteroatoms. The van der Waals surface area contributed by atoms with Gasteiger partial charge in [-0.15, -0.1) is 0 Å². The standard InChI is InChI=1S/C31H41F3N4O6S/c1-29(2,3)44-28(41)36-25(18-22-12-8-7-9-13-22)26(39)20-38(21-30(4,5)16-11-17-35)45(42,43)24-15-10-14-23(19-24)37(6)27(40)31(32,33)34/h7-10,12-15,19,25-26,39H,11,16,18,20-21H2,1-6H3,(H,36,41). The second-order valence-electron chi connectivity index (χ2n) is 12.5. The van der Waals surface area contributed by atoms with Crippen LogP contribution in [0.4, 0.5) is 23.7 Å². The van der Waals surface area contributed by atoms with Crippen molar-refractivity contribution in [3.05, 3.63) is 60.2 Å². The number of alkyl halides is 3. The minimum atomic E-state index is -5.18. The maximum Gasteiger partial charge on any atom is 0.471 e. The zero-order chi connectivity index (χ0) is 34.2. The molecule has 2 amide bonds. The molecule has 0 saturated heterocycles. The Hall–Kier alpha value is -3.67. The lowest BCUT2D eigenvalue weighted by Crippen LogP contribution is -2.52. The highest BCUT2D eigenvalue weighted by atomic mass is 32.2. The van der Waals surface area contributed by atoms with Gasteiger partial charge in [0.2, 0.25) is 10.0 Å². The summed E-state index contributed by atoms with van der Waals surface area (Å²) in [6, 6.07) is 14.4. The van der Waals surface area contributed by atoms with E-state index in [9.17, 15) is 36.3 Å². The third-order valence-corrected chi connectivity index (χ3v) is 8.57. The average molecular weight is 655 g/mol. The van der Waals surface area contributed by atoms with Gasteiger partial charge in [0.1, 0.15) is 5.60 Å². The number of nitrogens with one attached hydrogen (secondary N) is 1. The van der Waals surface area contributed by atoms with Gasteiger partial charge in [0, 0.05) is 32.2 Å². The van der Waals surface area contributed by atoms with Gasteiger partial charge in [0.05, 0.1) is 23.1 Å². The minimum absolute atomic E-state index is 0.118. The number of amides is 2. The maximum absolute atomic E-state index is 14.1. The molecule has 0 radical (unpaired) electrons. The highest BCUT2D eigenvalue weighted by Gasteiger charge is 2.42. The zero-order valence-electron chi connectivity index (χ0n) is 26.3. The molecule has 0 aliphatic heterocycles. The van der Waals surface area contributed by atoms with E-state index >= 15 is 0 Å². The van der Waals surface area contributed by atoms with Crippen molar-refractivity contribution in [1.29, 1.82) is 5.26 Å². The van der Waals surface area contributed by atoms with E-state index in [-0.39, 0.29) is 25.1 Å². The van der Waals surface area contributed by atoms with Crippen LogP contribution in [0.15, 0.2) is 59.5 Å². The number of carbonyl (C=O) groups is 2. The molecule has 0 aromatic heterocycles. The molecule has 0 aliphatic carbocycles. The number of aliphatic hydroxyl groups excluding tert-OH is 1. The molecule has 0 spiro atoms. The van der Waals surface area contributed by atoms with Crippen molar-refractivity contribution in [1.82, 2.24) is 9.62 Å². The van der Waals surface area contributed by atoms with Crippen LogP contribution in [0, 0.1) is 16.7 Å². The van der Waals surface area contributed by atoms with Crippen molar-refractivity contribution >= 4 is 27.7 Å². The van der Waals surface area contributed by atoms with Gasteiger partial charge in [-0.05, 0) is 62.8 Å². The number of benzene rings is 2. The van der Waals surface area contributed by atoms with Gasteiger partial charge in [-0.3, -0.25) is 4.79 Å². The van der Waals surface area contributed by atoms with E-state index in [1.54, 1.807) is 65.0 Å². The number of sulfonamides is 1. The van der Waals surface area contributed by atoms with Gasteiger partial charge in [-0.2, -0.15) is 22.7 Å². The van der Waals surface area contributed by atoms with E-state index in [1.165, 1.54) is 18.2 Å². The van der Waals surface area contributed by atoms with Gasteiger partial charge < -0.3 is 20.1 Å². The van der Waals surface area contributed by atoms with Crippen molar-refractivity contribution in [3.63, 3.8) is 0 Å².